The van der Waals surface area contributed by atoms with Crippen LogP contribution >= 0.6 is 0 Å². The van der Waals surface area contributed by atoms with Crippen LogP contribution < -0.4 is 10.6 Å². The van der Waals surface area contributed by atoms with Gasteiger partial charge in [0.25, 0.3) is 5.91 Å². The molecule has 1 atom stereocenters. The van der Waals surface area contributed by atoms with Crippen molar-refractivity contribution in [2.24, 2.45) is 0 Å². The van der Waals surface area contributed by atoms with Crippen LogP contribution in [0.2, 0.25) is 0 Å². The lowest BCUT2D eigenvalue weighted by molar-refractivity contribution is -0.136. The molecule has 1 fully saturated rings. The summed E-state index contributed by atoms with van der Waals surface area (Å²) in [6.45, 7) is 1.39. The van der Waals surface area contributed by atoms with Crippen LogP contribution in [0, 0.1) is 0 Å². The van der Waals surface area contributed by atoms with Crippen molar-refractivity contribution in [2.75, 3.05) is 11.9 Å². The number of amides is 5. The number of nitrogens with zero attached hydrogens (tertiary/aromatic N) is 3. The summed E-state index contributed by atoms with van der Waals surface area (Å²) >= 11 is 0. The van der Waals surface area contributed by atoms with E-state index in [0.717, 1.165) is 17.5 Å². The van der Waals surface area contributed by atoms with Crippen LogP contribution in [0.1, 0.15) is 39.9 Å². The van der Waals surface area contributed by atoms with Crippen molar-refractivity contribution >= 4 is 29.4 Å². The van der Waals surface area contributed by atoms with E-state index in [1.807, 2.05) is 6.07 Å². The standard InChI is InChI=1S/C22H21N5O4/c28-19-4-3-18(20(29)25-19)27-12-14-9-16(1-2-17(14)21(27)30)24-22(31)26-8-6-13-5-7-23-10-15(13)11-26/h1-2,5,7,9-10,18H,3-4,6,8,11-12H2,(H,24,31)(H,25,28,29). The first-order valence-electron chi connectivity index (χ1n) is 10.2. The van der Waals surface area contributed by atoms with Crippen molar-refractivity contribution in [2.45, 2.75) is 38.4 Å². The molecular weight excluding hydrogens is 398 g/mol. The first kappa shape index (κ1) is 19.2. The molecule has 0 radical (unpaired) electrons. The van der Waals surface area contributed by atoms with E-state index >= 15 is 0 Å². The molecule has 1 aromatic heterocycles. The monoisotopic (exact) mass is 419 g/mol. The van der Waals surface area contributed by atoms with Crippen molar-refractivity contribution in [1.29, 1.82) is 0 Å². The van der Waals surface area contributed by atoms with Gasteiger partial charge in [0.15, 0.2) is 0 Å². The van der Waals surface area contributed by atoms with Crippen LogP contribution in [-0.4, -0.2) is 51.1 Å². The molecule has 3 aliphatic heterocycles. The molecule has 1 saturated heterocycles. The molecule has 3 aliphatic rings. The van der Waals surface area contributed by atoms with Gasteiger partial charge in [0.2, 0.25) is 11.8 Å². The zero-order chi connectivity index (χ0) is 21.5. The number of urea groups is 1. The zero-order valence-electron chi connectivity index (χ0n) is 16.8. The molecule has 9 nitrogen and oxygen atoms in total. The van der Waals surface area contributed by atoms with Crippen molar-refractivity contribution in [1.82, 2.24) is 20.1 Å². The predicted octanol–water partition coefficient (Wildman–Crippen LogP) is 1.43. The van der Waals surface area contributed by atoms with E-state index in [-0.39, 0.29) is 30.8 Å². The van der Waals surface area contributed by atoms with Gasteiger partial charge in [0, 0.05) is 49.7 Å². The fourth-order valence-electron chi connectivity index (χ4n) is 4.41. The summed E-state index contributed by atoms with van der Waals surface area (Å²) in [6, 6.07) is 6.27. The highest BCUT2D eigenvalue weighted by molar-refractivity contribution is 6.05. The number of aromatic nitrogens is 1. The van der Waals surface area contributed by atoms with Gasteiger partial charge in [0.05, 0.1) is 0 Å². The van der Waals surface area contributed by atoms with E-state index in [4.69, 9.17) is 0 Å². The summed E-state index contributed by atoms with van der Waals surface area (Å²) < 4.78 is 0. The SMILES string of the molecule is O=C1CCC(N2Cc3cc(NC(=O)N4CCc5ccncc5C4)ccc3C2=O)C(=O)N1. The van der Waals surface area contributed by atoms with Crippen molar-refractivity contribution in [3.05, 3.63) is 58.9 Å². The average molecular weight is 419 g/mol. The molecule has 5 amide bonds. The summed E-state index contributed by atoms with van der Waals surface area (Å²) in [6.07, 6.45) is 4.87. The smallest absolute Gasteiger partial charge is 0.322 e. The summed E-state index contributed by atoms with van der Waals surface area (Å²) in [4.78, 5) is 56.5. The molecule has 0 spiro atoms. The number of piperidine rings is 1. The molecule has 1 aromatic carbocycles. The number of rotatable bonds is 2. The third kappa shape index (κ3) is 3.52. The van der Waals surface area contributed by atoms with E-state index in [9.17, 15) is 19.2 Å². The van der Waals surface area contributed by atoms with Crippen LogP contribution in [0.5, 0.6) is 0 Å². The van der Waals surface area contributed by atoms with Gasteiger partial charge >= 0.3 is 6.03 Å². The lowest BCUT2D eigenvalue weighted by atomic mass is 10.0. The first-order chi connectivity index (χ1) is 15.0. The third-order valence-corrected chi connectivity index (χ3v) is 6.08. The summed E-state index contributed by atoms with van der Waals surface area (Å²) in [5.74, 6) is -0.986. The zero-order valence-corrected chi connectivity index (χ0v) is 16.8. The molecule has 0 saturated carbocycles. The second-order valence-corrected chi connectivity index (χ2v) is 8.02. The van der Waals surface area contributed by atoms with E-state index in [1.54, 1.807) is 35.5 Å². The maximum absolute atomic E-state index is 12.8. The lowest BCUT2D eigenvalue weighted by Gasteiger charge is -2.29. The minimum atomic E-state index is -0.655. The van der Waals surface area contributed by atoms with Gasteiger partial charge in [-0.1, -0.05) is 0 Å². The van der Waals surface area contributed by atoms with Crippen LogP contribution in [0.25, 0.3) is 0 Å². The Labute approximate surface area is 178 Å². The van der Waals surface area contributed by atoms with Gasteiger partial charge in [-0.05, 0) is 53.8 Å². The maximum atomic E-state index is 12.8. The quantitative estimate of drug-likeness (QED) is 0.716. The maximum Gasteiger partial charge on any atom is 0.322 e. The second-order valence-electron chi connectivity index (χ2n) is 8.02. The number of carbonyl (C=O) groups is 4. The number of hydrogen-bond acceptors (Lipinski definition) is 5. The van der Waals surface area contributed by atoms with Crippen LogP contribution in [0.3, 0.4) is 0 Å². The van der Waals surface area contributed by atoms with E-state index in [1.165, 1.54) is 10.5 Å². The molecule has 2 N–H and O–H groups in total. The molecule has 0 aliphatic carbocycles. The second kappa shape index (κ2) is 7.50. The van der Waals surface area contributed by atoms with Crippen molar-refractivity contribution in [3.63, 3.8) is 0 Å². The largest absolute Gasteiger partial charge is 0.322 e. The Kier molecular flexibility index (Phi) is 4.65. The number of imide groups is 1. The normalized spacial score (nSPS) is 20.3. The van der Waals surface area contributed by atoms with E-state index < -0.39 is 11.9 Å². The number of benzene rings is 1. The van der Waals surface area contributed by atoms with Crippen LogP contribution in [-0.2, 0) is 29.1 Å². The number of carbonyl (C=O) groups excluding carboxylic acids is 4. The van der Waals surface area contributed by atoms with Crippen molar-refractivity contribution < 1.29 is 19.2 Å². The van der Waals surface area contributed by atoms with Gasteiger partial charge in [-0.15, -0.1) is 0 Å². The first-order valence-corrected chi connectivity index (χ1v) is 10.2. The molecule has 2 aromatic rings. The Balaban J connectivity index is 1.28. The Bertz CT molecular complexity index is 1110. The highest BCUT2D eigenvalue weighted by Crippen LogP contribution is 2.29. The fraction of sp³-hybridized carbons (Fsp3) is 0.318. The van der Waals surface area contributed by atoms with Gasteiger partial charge in [-0.2, -0.15) is 0 Å². The minimum Gasteiger partial charge on any atom is -0.322 e. The van der Waals surface area contributed by atoms with Crippen molar-refractivity contribution in [3.8, 4) is 0 Å². The molecular formula is C22H21N5O4. The highest BCUT2D eigenvalue weighted by Gasteiger charge is 2.39. The molecule has 5 rings (SSSR count). The van der Waals surface area contributed by atoms with Gasteiger partial charge < -0.3 is 15.1 Å². The topological polar surface area (TPSA) is 112 Å². The van der Waals surface area contributed by atoms with Crippen LogP contribution in [0.15, 0.2) is 36.7 Å². The highest BCUT2D eigenvalue weighted by atomic mass is 16.2. The Morgan fingerprint density at radius 3 is 2.77 bits per heavy atom. The summed E-state index contributed by atoms with van der Waals surface area (Å²) in [5, 5.41) is 5.20. The number of anilines is 1. The van der Waals surface area contributed by atoms with Gasteiger partial charge in [-0.3, -0.25) is 24.7 Å². The Morgan fingerprint density at radius 2 is 1.94 bits per heavy atom. The molecule has 4 heterocycles. The fourth-order valence-corrected chi connectivity index (χ4v) is 4.41. The number of hydrogen-bond donors (Lipinski definition) is 2. The van der Waals surface area contributed by atoms with E-state index in [0.29, 0.717) is 30.8 Å². The predicted molar refractivity (Wildman–Crippen MR) is 110 cm³/mol. The Hall–Kier alpha value is -3.75. The summed E-state index contributed by atoms with van der Waals surface area (Å²) in [5.41, 5.74) is 4.12. The number of fused-ring (bicyclic) bond motifs is 2. The summed E-state index contributed by atoms with van der Waals surface area (Å²) in [7, 11) is 0. The molecule has 158 valence electrons. The third-order valence-electron chi connectivity index (χ3n) is 6.08. The Morgan fingerprint density at radius 1 is 1.06 bits per heavy atom. The minimum absolute atomic E-state index is 0.208. The molecule has 9 heteroatoms. The lowest BCUT2D eigenvalue weighted by Crippen LogP contribution is -2.52. The van der Waals surface area contributed by atoms with Gasteiger partial charge in [0.1, 0.15) is 6.04 Å². The number of nitrogens with one attached hydrogen (secondary N) is 2. The van der Waals surface area contributed by atoms with E-state index in [2.05, 4.69) is 15.6 Å². The average Bonchev–Trinajstić information content (AvgIpc) is 3.09. The van der Waals surface area contributed by atoms with Crippen LogP contribution in [0.4, 0.5) is 10.5 Å². The number of pyridine rings is 1. The molecule has 0 bridgehead atoms. The molecule has 31 heavy (non-hydrogen) atoms. The van der Waals surface area contributed by atoms with Gasteiger partial charge in [-0.25, -0.2) is 4.79 Å². The molecule has 1 unspecified atom stereocenters.